The van der Waals surface area contributed by atoms with Crippen molar-refractivity contribution in [3.63, 3.8) is 0 Å². The van der Waals surface area contributed by atoms with Crippen LogP contribution in [-0.4, -0.2) is 46.9 Å². The molecule has 0 fully saturated rings. The molecule has 0 bridgehead atoms. The highest BCUT2D eigenvalue weighted by Gasteiger charge is 2.32. The van der Waals surface area contributed by atoms with E-state index in [4.69, 9.17) is 4.74 Å². The zero-order valence-electron chi connectivity index (χ0n) is 12.4. The van der Waals surface area contributed by atoms with E-state index in [1.807, 2.05) is 6.92 Å². The lowest BCUT2D eigenvalue weighted by Crippen LogP contribution is -2.34. The van der Waals surface area contributed by atoms with Crippen molar-refractivity contribution in [1.82, 2.24) is 5.32 Å². The van der Waals surface area contributed by atoms with E-state index in [2.05, 4.69) is 5.32 Å². The molecule has 0 saturated heterocycles. The third-order valence-electron chi connectivity index (χ3n) is 3.44. The first kappa shape index (κ1) is 15.8. The second-order valence-corrected chi connectivity index (χ2v) is 7.06. The van der Waals surface area contributed by atoms with Gasteiger partial charge in [-0.25, -0.2) is 8.42 Å². The number of hydrogen-bond acceptors (Lipinski definition) is 4. The average Bonchev–Trinajstić information content (AvgIpc) is 2.73. The fourth-order valence-electron chi connectivity index (χ4n) is 2.62. The van der Waals surface area contributed by atoms with E-state index < -0.39 is 10.0 Å². The molecule has 0 aliphatic carbocycles. The highest BCUT2D eigenvalue weighted by Crippen LogP contribution is 2.34. The van der Waals surface area contributed by atoms with Gasteiger partial charge in [-0.2, -0.15) is 0 Å². The molecule has 1 aromatic carbocycles. The van der Waals surface area contributed by atoms with Crippen LogP contribution in [0.4, 0.5) is 5.69 Å². The number of anilines is 1. The molecule has 7 heteroatoms. The van der Waals surface area contributed by atoms with Crippen LogP contribution in [0.2, 0.25) is 0 Å². The van der Waals surface area contributed by atoms with Crippen LogP contribution in [0.5, 0.6) is 0 Å². The molecule has 116 valence electrons. The Labute approximate surface area is 125 Å². The van der Waals surface area contributed by atoms with Crippen molar-refractivity contribution in [3.05, 3.63) is 29.3 Å². The number of nitrogens with zero attached hydrogens (tertiary/aromatic N) is 1. The number of carbonyl (C=O) groups excluding carboxylic acids is 1. The molecular weight excluding hydrogens is 292 g/mol. The molecule has 1 heterocycles. The van der Waals surface area contributed by atoms with E-state index in [9.17, 15) is 13.2 Å². The summed E-state index contributed by atoms with van der Waals surface area (Å²) in [5, 5.41) is 2.75. The second kappa shape index (κ2) is 6.03. The van der Waals surface area contributed by atoms with E-state index >= 15 is 0 Å². The molecule has 0 radical (unpaired) electrons. The maximum absolute atomic E-state index is 12.0. The standard InChI is InChI=1S/C14H20N2O4S/c1-10-8-12-9-11(14(17)15-6-7-20-2)4-5-13(12)16(10)21(3,18)19/h4-5,9-10H,6-8H2,1-3H3,(H,15,17)/t10-/m1/s1. The number of ether oxygens (including phenoxy) is 1. The minimum absolute atomic E-state index is 0.123. The first-order chi connectivity index (χ1) is 9.84. The van der Waals surface area contributed by atoms with Crippen molar-refractivity contribution in [2.75, 3.05) is 30.8 Å². The summed E-state index contributed by atoms with van der Waals surface area (Å²) in [5.41, 5.74) is 2.08. The molecule has 1 aromatic rings. The third kappa shape index (κ3) is 3.36. The van der Waals surface area contributed by atoms with Gasteiger partial charge >= 0.3 is 0 Å². The van der Waals surface area contributed by atoms with E-state index in [1.54, 1.807) is 25.3 Å². The maximum Gasteiger partial charge on any atom is 0.251 e. The summed E-state index contributed by atoms with van der Waals surface area (Å²) < 4.78 is 30.0. The predicted octanol–water partition coefficient (Wildman–Crippen LogP) is 0.773. The van der Waals surface area contributed by atoms with Crippen molar-refractivity contribution in [2.45, 2.75) is 19.4 Å². The van der Waals surface area contributed by atoms with Gasteiger partial charge in [0.1, 0.15) is 0 Å². The quantitative estimate of drug-likeness (QED) is 0.815. The lowest BCUT2D eigenvalue weighted by molar-refractivity contribution is 0.0937. The molecule has 0 unspecified atom stereocenters. The summed E-state index contributed by atoms with van der Waals surface area (Å²) in [6.45, 7) is 2.76. The molecule has 21 heavy (non-hydrogen) atoms. The Bertz CT molecular complexity index is 642. The van der Waals surface area contributed by atoms with Crippen molar-refractivity contribution in [2.24, 2.45) is 0 Å². The zero-order chi connectivity index (χ0) is 15.6. The van der Waals surface area contributed by atoms with Gasteiger partial charge in [0, 0.05) is 25.3 Å². The van der Waals surface area contributed by atoms with E-state index in [-0.39, 0.29) is 11.9 Å². The van der Waals surface area contributed by atoms with Crippen molar-refractivity contribution >= 4 is 21.6 Å². The Morgan fingerprint density at radius 2 is 2.19 bits per heavy atom. The SMILES string of the molecule is COCCNC(=O)c1ccc2c(c1)C[C@@H](C)N2S(C)(=O)=O. The largest absolute Gasteiger partial charge is 0.383 e. The van der Waals surface area contributed by atoms with Gasteiger partial charge in [-0.05, 0) is 37.1 Å². The van der Waals surface area contributed by atoms with Gasteiger partial charge in [0.25, 0.3) is 5.91 Å². The lowest BCUT2D eigenvalue weighted by atomic mass is 10.1. The van der Waals surface area contributed by atoms with Crippen molar-refractivity contribution in [1.29, 1.82) is 0 Å². The highest BCUT2D eigenvalue weighted by atomic mass is 32.2. The van der Waals surface area contributed by atoms with Gasteiger partial charge in [0.05, 0.1) is 18.6 Å². The Morgan fingerprint density at radius 1 is 1.48 bits per heavy atom. The number of carbonyl (C=O) groups is 1. The Balaban J connectivity index is 2.22. The summed E-state index contributed by atoms with van der Waals surface area (Å²) in [4.78, 5) is 12.0. The minimum atomic E-state index is -3.30. The Kier molecular flexibility index (Phi) is 4.53. The van der Waals surface area contributed by atoms with Crippen LogP contribution in [0, 0.1) is 0 Å². The topological polar surface area (TPSA) is 75.7 Å². The molecule has 1 aliphatic rings. The fourth-order valence-corrected chi connectivity index (χ4v) is 3.88. The third-order valence-corrected chi connectivity index (χ3v) is 4.71. The van der Waals surface area contributed by atoms with Crippen molar-refractivity contribution in [3.8, 4) is 0 Å². The van der Waals surface area contributed by atoms with E-state index in [0.717, 1.165) is 5.56 Å². The van der Waals surface area contributed by atoms with Crippen LogP contribution >= 0.6 is 0 Å². The predicted molar refractivity (Wildman–Crippen MR) is 81.1 cm³/mol. The Hall–Kier alpha value is -1.60. The number of benzene rings is 1. The molecule has 0 spiro atoms. The molecule has 1 N–H and O–H groups in total. The van der Waals surface area contributed by atoms with Gasteiger partial charge in [0.2, 0.25) is 10.0 Å². The first-order valence-electron chi connectivity index (χ1n) is 6.74. The molecule has 6 nitrogen and oxygen atoms in total. The summed E-state index contributed by atoms with van der Waals surface area (Å²) in [5.74, 6) is -0.180. The number of rotatable bonds is 5. The van der Waals surface area contributed by atoms with Gasteiger partial charge in [0.15, 0.2) is 0 Å². The number of nitrogens with one attached hydrogen (secondary N) is 1. The van der Waals surface area contributed by atoms with E-state index in [1.165, 1.54) is 10.6 Å². The second-order valence-electron chi connectivity index (χ2n) is 5.20. The highest BCUT2D eigenvalue weighted by molar-refractivity contribution is 7.92. The minimum Gasteiger partial charge on any atom is -0.383 e. The number of sulfonamides is 1. The molecule has 0 aromatic heterocycles. The Morgan fingerprint density at radius 3 is 2.81 bits per heavy atom. The summed E-state index contributed by atoms with van der Waals surface area (Å²) in [6, 6.07) is 4.99. The van der Waals surface area contributed by atoms with Crippen LogP contribution in [0.25, 0.3) is 0 Å². The first-order valence-corrected chi connectivity index (χ1v) is 8.59. The smallest absolute Gasteiger partial charge is 0.251 e. The maximum atomic E-state index is 12.0. The monoisotopic (exact) mass is 312 g/mol. The van der Waals surface area contributed by atoms with Gasteiger partial charge in [-0.1, -0.05) is 0 Å². The molecule has 1 atom stereocenters. The van der Waals surface area contributed by atoms with Crippen LogP contribution in [0.3, 0.4) is 0 Å². The number of hydrogen-bond donors (Lipinski definition) is 1. The number of fused-ring (bicyclic) bond motifs is 1. The van der Waals surface area contributed by atoms with Gasteiger partial charge in [-0.15, -0.1) is 0 Å². The van der Waals surface area contributed by atoms with Crippen LogP contribution < -0.4 is 9.62 Å². The van der Waals surface area contributed by atoms with E-state index in [0.29, 0.717) is 30.8 Å². The molecule has 1 amide bonds. The zero-order valence-corrected chi connectivity index (χ0v) is 13.2. The van der Waals surface area contributed by atoms with Crippen LogP contribution in [-0.2, 0) is 21.2 Å². The summed E-state index contributed by atoms with van der Waals surface area (Å²) in [7, 11) is -1.73. The fraction of sp³-hybridized carbons (Fsp3) is 0.500. The average molecular weight is 312 g/mol. The number of amides is 1. The van der Waals surface area contributed by atoms with Crippen molar-refractivity contribution < 1.29 is 17.9 Å². The molecule has 2 rings (SSSR count). The molecule has 1 aliphatic heterocycles. The summed E-state index contributed by atoms with van der Waals surface area (Å²) in [6.07, 6.45) is 1.81. The van der Waals surface area contributed by atoms with Crippen LogP contribution in [0.1, 0.15) is 22.8 Å². The lowest BCUT2D eigenvalue weighted by Gasteiger charge is -2.21. The van der Waals surface area contributed by atoms with Gasteiger partial charge in [-0.3, -0.25) is 9.10 Å². The molecule has 0 saturated carbocycles. The van der Waals surface area contributed by atoms with Gasteiger partial charge < -0.3 is 10.1 Å². The normalized spacial score (nSPS) is 17.7. The molecular formula is C14H20N2O4S. The summed E-state index contributed by atoms with van der Waals surface area (Å²) >= 11 is 0. The van der Waals surface area contributed by atoms with Crippen LogP contribution in [0.15, 0.2) is 18.2 Å². The number of methoxy groups -OCH3 is 1.